The third-order valence-corrected chi connectivity index (χ3v) is 5.04. The fourth-order valence-corrected chi connectivity index (χ4v) is 3.77. The molecular formula is C12H18N2O2S. The first-order chi connectivity index (χ1) is 8.12. The summed E-state index contributed by atoms with van der Waals surface area (Å²) in [4.78, 5) is 0.383. The van der Waals surface area contributed by atoms with Crippen molar-refractivity contribution in [2.45, 2.75) is 24.3 Å². The van der Waals surface area contributed by atoms with Crippen molar-refractivity contribution >= 4 is 10.0 Å². The smallest absolute Gasteiger partial charge is 0.243 e. The molecule has 0 saturated carbocycles. The SMILES string of the molecule is CC1CNCCCN1S(=O)(=O)c1ccccc1. The third kappa shape index (κ3) is 2.68. The fraction of sp³-hybridized carbons (Fsp3) is 0.500. The predicted molar refractivity (Wildman–Crippen MR) is 67.3 cm³/mol. The second-order valence-corrected chi connectivity index (χ2v) is 6.23. The Bertz CT molecular complexity index is 459. The number of nitrogens with zero attached hydrogens (tertiary/aromatic N) is 1. The lowest BCUT2D eigenvalue weighted by molar-refractivity contribution is 0.353. The summed E-state index contributed by atoms with van der Waals surface area (Å²) in [5, 5.41) is 3.24. The Hall–Kier alpha value is -0.910. The van der Waals surface area contributed by atoms with E-state index in [0.717, 1.165) is 13.0 Å². The summed E-state index contributed by atoms with van der Waals surface area (Å²) in [7, 11) is -3.34. The average Bonchev–Trinajstić information content (AvgIpc) is 2.55. The van der Waals surface area contributed by atoms with E-state index in [1.54, 1.807) is 28.6 Å². The van der Waals surface area contributed by atoms with E-state index in [1.165, 1.54) is 0 Å². The van der Waals surface area contributed by atoms with Crippen LogP contribution in [0.2, 0.25) is 0 Å². The van der Waals surface area contributed by atoms with Gasteiger partial charge >= 0.3 is 0 Å². The van der Waals surface area contributed by atoms with Gasteiger partial charge in [-0.15, -0.1) is 0 Å². The van der Waals surface area contributed by atoms with E-state index in [9.17, 15) is 8.42 Å². The Balaban J connectivity index is 2.31. The molecule has 0 spiro atoms. The maximum atomic E-state index is 12.4. The molecule has 1 aliphatic rings. The average molecular weight is 254 g/mol. The van der Waals surface area contributed by atoms with Gasteiger partial charge < -0.3 is 5.32 Å². The molecule has 5 heteroatoms. The van der Waals surface area contributed by atoms with Gasteiger partial charge in [-0.25, -0.2) is 8.42 Å². The van der Waals surface area contributed by atoms with Crippen LogP contribution in [-0.4, -0.2) is 38.4 Å². The lowest BCUT2D eigenvalue weighted by atomic mass is 10.3. The molecule has 1 unspecified atom stereocenters. The van der Waals surface area contributed by atoms with E-state index >= 15 is 0 Å². The molecule has 1 heterocycles. The van der Waals surface area contributed by atoms with Crippen LogP contribution in [0, 0.1) is 0 Å². The van der Waals surface area contributed by atoms with Crippen LogP contribution in [0.3, 0.4) is 0 Å². The molecule has 0 bridgehead atoms. The highest BCUT2D eigenvalue weighted by atomic mass is 32.2. The molecule has 94 valence electrons. The molecule has 1 fully saturated rings. The summed E-state index contributed by atoms with van der Waals surface area (Å²) in [5.74, 6) is 0. The maximum Gasteiger partial charge on any atom is 0.243 e. The molecule has 17 heavy (non-hydrogen) atoms. The number of hydrogen-bond acceptors (Lipinski definition) is 3. The van der Waals surface area contributed by atoms with Gasteiger partial charge in [-0.05, 0) is 32.0 Å². The highest BCUT2D eigenvalue weighted by molar-refractivity contribution is 7.89. The zero-order valence-electron chi connectivity index (χ0n) is 9.96. The molecule has 4 nitrogen and oxygen atoms in total. The molecule has 0 radical (unpaired) electrons. The molecule has 1 aliphatic heterocycles. The van der Waals surface area contributed by atoms with Crippen molar-refractivity contribution in [2.75, 3.05) is 19.6 Å². The van der Waals surface area contributed by atoms with Gasteiger partial charge in [0, 0.05) is 19.1 Å². The lowest BCUT2D eigenvalue weighted by Gasteiger charge is -2.25. The van der Waals surface area contributed by atoms with Gasteiger partial charge in [-0.2, -0.15) is 4.31 Å². The van der Waals surface area contributed by atoms with E-state index < -0.39 is 10.0 Å². The largest absolute Gasteiger partial charge is 0.315 e. The van der Waals surface area contributed by atoms with E-state index in [0.29, 0.717) is 18.0 Å². The van der Waals surface area contributed by atoms with Crippen LogP contribution in [-0.2, 0) is 10.0 Å². The summed E-state index contributed by atoms with van der Waals surface area (Å²) < 4.78 is 26.5. The van der Waals surface area contributed by atoms with E-state index in [1.807, 2.05) is 13.0 Å². The Labute approximate surface area is 103 Å². The Morgan fingerprint density at radius 3 is 2.71 bits per heavy atom. The van der Waals surface area contributed by atoms with Gasteiger partial charge in [-0.1, -0.05) is 18.2 Å². The highest BCUT2D eigenvalue weighted by Gasteiger charge is 2.29. The monoisotopic (exact) mass is 254 g/mol. The predicted octanol–water partition coefficient (Wildman–Crippen LogP) is 1.06. The van der Waals surface area contributed by atoms with Gasteiger partial charge in [0.05, 0.1) is 4.90 Å². The number of nitrogens with one attached hydrogen (secondary N) is 1. The van der Waals surface area contributed by atoms with Gasteiger partial charge in [0.25, 0.3) is 0 Å². The van der Waals surface area contributed by atoms with Crippen molar-refractivity contribution in [3.8, 4) is 0 Å². The van der Waals surface area contributed by atoms with Crippen LogP contribution in [0.5, 0.6) is 0 Å². The molecule has 1 saturated heterocycles. The van der Waals surface area contributed by atoms with Gasteiger partial charge in [-0.3, -0.25) is 0 Å². The number of rotatable bonds is 2. The first-order valence-corrected chi connectivity index (χ1v) is 7.34. The molecule has 2 rings (SSSR count). The van der Waals surface area contributed by atoms with Crippen molar-refractivity contribution in [1.29, 1.82) is 0 Å². The molecule has 0 aromatic heterocycles. The minimum absolute atomic E-state index is 0.00251. The second-order valence-electron chi connectivity index (χ2n) is 4.34. The van der Waals surface area contributed by atoms with Crippen molar-refractivity contribution < 1.29 is 8.42 Å². The maximum absolute atomic E-state index is 12.4. The van der Waals surface area contributed by atoms with Crippen molar-refractivity contribution in [3.63, 3.8) is 0 Å². The van der Waals surface area contributed by atoms with Gasteiger partial charge in [0.2, 0.25) is 10.0 Å². The molecule has 1 aromatic rings. The van der Waals surface area contributed by atoms with Crippen LogP contribution in [0.25, 0.3) is 0 Å². The summed E-state index contributed by atoms with van der Waals surface area (Å²) in [6.45, 7) is 4.13. The number of benzene rings is 1. The summed E-state index contributed by atoms with van der Waals surface area (Å²) in [6.07, 6.45) is 0.858. The summed E-state index contributed by atoms with van der Waals surface area (Å²) in [5.41, 5.74) is 0. The lowest BCUT2D eigenvalue weighted by Crippen LogP contribution is -2.41. The molecule has 0 aliphatic carbocycles. The standard InChI is InChI=1S/C12H18N2O2S/c1-11-10-13-8-5-9-14(11)17(15,16)12-6-3-2-4-7-12/h2-4,6-7,11,13H,5,8-10H2,1H3. The first kappa shape index (κ1) is 12.5. The van der Waals surface area contributed by atoms with E-state index in [-0.39, 0.29) is 6.04 Å². The Kier molecular flexibility index (Phi) is 3.81. The fourth-order valence-electron chi connectivity index (χ4n) is 2.08. The molecule has 1 aromatic carbocycles. The van der Waals surface area contributed by atoms with Crippen LogP contribution >= 0.6 is 0 Å². The number of hydrogen-bond donors (Lipinski definition) is 1. The Morgan fingerprint density at radius 1 is 1.29 bits per heavy atom. The normalized spacial score (nSPS) is 23.2. The molecule has 0 amide bonds. The summed E-state index contributed by atoms with van der Waals surface area (Å²) in [6, 6.07) is 8.65. The minimum atomic E-state index is -3.34. The zero-order chi connectivity index (χ0) is 12.3. The van der Waals surface area contributed by atoms with Crippen LogP contribution in [0.15, 0.2) is 35.2 Å². The molecule has 1 N–H and O–H groups in total. The van der Waals surface area contributed by atoms with Gasteiger partial charge in [0.15, 0.2) is 0 Å². The Morgan fingerprint density at radius 2 is 2.00 bits per heavy atom. The van der Waals surface area contributed by atoms with E-state index in [4.69, 9.17) is 0 Å². The second kappa shape index (κ2) is 5.16. The van der Waals surface area contributed by atoms with Crippen LogP contribution in [0.4, 0.5) is 0 Å². The highest BCUT2D eigenvalue weighted by Crippen LogP contribution is 2.19. The first-order valence-electron chi connectivity index (χ1n) is 5.90. The van der Waals surface area contributed by atoms with Crippen LogP contribution in [0.1, 0.15) is 13.3 Å². The van der Waals surface area contributed by atoms with Crippen molar-refractivity contribution in [3.05, 3.63) is 30.3 Å². The number of sulfonamides is 1. The van der Waals surface area contributed by atoms with Crippen molar-refractivity contribution in [1.82, 2.24) is 9.62 Å². The van der Waals surface area contributed by atoms with Crippen LogP contribution < -0.4 is 5.32 Å². The van der Waals surface area contributed by atoms with Gasteiger partial charge in [0.1, 0.15) is 0 Å². The molecular weight excluding hydrogens is 236 g/mol. The molecule has 1 atom stereocenters. The zero-order valence-corrected chi connectivity index (χ0v) is 10.8. The summed E-state index contributed by atoms with van der Waals surface area (Å²) >= 11 is 0. The van der Waals surface area contributed by atoms with Crippen molar-refractivity contribution in [2.24, 2.45) is 0 Å². The quantitative estimate of drug-likeness (QED) is 0.858. The van der Waals surface area contributed by atoms with E-state index in [2.05, 4.69) is 5.32 Å². The topological polar surface area (TPSA) is 49.4 Å². The third-order valence-electron chi connectivity index (χ3n) is 3.01. The minimum Gasteiger partial charge on any atom is -0.315 e.